The van der Waals surface area contributed by atoms with Gasteiger partial charge in [-0.05, 0) is 48.4 Å². The maximum atomic E-state index is 12.5. The second kappa shape index (κ2) is 7.58. The first kappa shape index (κ1) is 17.9. The van der Waals surface area contributed by atoms with Gasteiger partial charge in [0.1, 0.15) is 16.3 Å². The molecule has 0 aliphatic heterocycles. The molecule has 0 saturated carbocycles. The van der Waals surface area contributed by atoms with Gasteiger partial charge >= 0.3 is 5.97 Å². The van der Waals surface area contributed by atoms with Gasteiger partial charge in [0.05, 0.1) is 13.7 Å². The summed E-state index contributed by atoms with van der Waals surface area (Å²) in [5.41, 5.74) is 2.09. The van der Waals surface area contributed by atoms with E-state index in [1.807, 2.05) is 43.3 Å². The fourth-order valence-corrected chi connectivity index (χ4v) is 3.97. The number of benzene rings is 2. The number of aryl methyl sites for hydroxylation is 1. The largest absolute Gasteiger partial charge is 0.497 e. The molecule has 26 heavy (non-hydrogen) atoms. The van der Waals surface area contributed by atoms with Crippen molar-refractivity contribution in [3.05, 3.63) is 46.8 Å². The minimum atomic E-state index is -0.439. The Morgan fingerprint density at radius 3 is 2.62 bits per heavy atom. The highest BCUT2D eigenvalue weighted by Crippen LogP contribution is 2.41. The van der Waals surface area contributed by atoms with E-state index in [1.165, 1.54) is 11.3 Å². The van der Waals surface area contributed by atoms with Crippen molar-refractivity contribution >= 4 is 39.5 Å². The van der Waals surface area contributed by atoms with Crippen LogP contribution in [-0.4, -0.2) is 26.1 Å². The minimum Gasteiger partial charge on any atom is -0.497 e. The van der Waals surface area contributed by atoms with Crippen LogP contribution in [0.15, 0.2) is 36.4 Å². The van der Waals surface area contributed by atoms with Gasteiger partial charge in [-0.1, -0.05) is 18.2 Å². The van der Waals surface area contributed by atoms with Crippen molar-refractivity contribution in [2.24, 2.45) is 0 Å². The standard InChI is InChI=1S/C20H19NO4S/c1-4-25-20(23)18-17(12(2)26-19(18)21-11-22)15-6-5-14-10-16(24-3)8-7-13(14)9-15/h5-11H,4H2,1-3H3,(H,21,22). The van der Waals surface area contributed by atoms with Gasteiger partial charge in [0, 0.05) is 10.4 Å². The third kappa shape index (κ3) is 3.28. The van der Waals surface area contributed by atoms with Crippen molar-refractivity contribution in [1.29, 1.82) is 0 Å². The van der Waals surface area contributed by atoms with E-state index in [1.54, 1.807) is 14.0 Å². The summed E-state index contributed by atoms with van der Waals surface area (Å²) < 4.78 is 10.5. The van der Waals surface area contributed by atoms with Gasteiger partial charge in [-0.3, -0.25) is 4.79 Å². The van der Waals surface area contributed by atoms with E-state index in [9.17, 15) is 9.59 Å². The number of ether oxygens (including phenoxy) is 2. The van der Waals surface area contributed by atoms with Crippen LogP contribution < -0.4 is 10.1 Å². The van der Waals surface area contributed by atoms with Crippen LogP contribution in [0.5, 0.6) is 5.75 Å². The first-order valence-electron chi connectivity index (χ1n) is 8.18. The van der Waals surface area contributed by atoms with Crippen molar-refractivity contribution in [1.82, 2.24) is 0 Å². The van der Waals surface area contributed by atoms with Gasteiger partial charge in [-0.15, -0.1) is 11.3 Å². The van der Waals surface area contributed by atoms with Gasteiger partial charge in [0.15, 0.2) is 0 Å². The molecule has 0 aliphatic rings. The number of carbonyl (C=O) groups is 2. The molecule has 0 unspecified atom stereocenters. The number of thiophene rings is 1. The Kier molecular flexibility index (Phi) is 5.23. The molecule has 0 spiro atoms. The number of hydrogen-bond donors (Lipinski definition) is 1. The summed E-state index contributed by atoms with van der Waals surface area (Å²) in [5, 5.41) is 5.20. The van der Waals surface area contributed by atoms with Gasteiger partial charge in [-0.2, -0.15) is 0 Å². The molecule has 0 radical (unpaired) electrons. The van der Waals surface area contributed by atoms with Crippen LogP contribution in [-0.2, 0) is 9.53 Å². The van der Waals surface area contributed by atoms with Gasteiger partial charge in [-0.25, -0.2) is 4.79 Å². The molecule has 1 heterocycles. The third-order valence-electron chi connectivity index (χ3n) is 4.09. The highest BCUT2D eigenvalue weighted by atomic mass is 32.1. The number of esters is 1. The van der Waals surface area contributed by atoms with Crippen LogP contribution >= 0.6 is 11.3 Å². The molecule has 0 saturated heterocycles. The molecule has 3 aromatic rings. The van der Waals surface area contributed by atoms with E-state index in [2.05, 4.69) is 5.32 Å². The summed E-state index contributed by atoms with van der Waals surface area (Å²) in [6.45, 7) is 3.95. The molecular formula is C20H19NO4S. The average molecular weight is 369 g/mol. The van der Waals surface area contributed by atoms with Crippen molar-refractivity contribution in [3.8, 4) is 16.9 Å². The second-order valence-corrected chi connectivity index (χ2v) is 6.87. The number of amides is 1. The molecular weight excluding hydrogens is 350 g/mol. The van der Waals surface area contributed by atoms with Gasteiger partial charge in [0.2, 0.25) is 6.41 Å². The Hall–Kier alpha value is -2.86. The number of methoxy groups -OCH3 is 1. The Labute approximate surface area is 155 Å². The molecule has 0 fully saturated rings. The van der Waals surface area contributed by atoms with Crippen molar-refractivity contribution in [2.45, 2.75) is 13.8 Å². The quantitative estimate of drug-likeness (QED) is 0.508. The zero-order chi connectivity index (χ0) is 18.7. The molecule has 0 bridgehead atoms. The van der Waals surface area contributed by atoms with Crippen molar-refractivity contribution in [2.75, 3.05) is 19.0 Å². The predicted octanol–water partition coefficient (Wildman–Crippen LogP) is 4.63. The molecule has 0 atom stereocenters. The van der Waals surface area contributed by atoms with Crippen LogP contribution in [0.3, 0.4) is 0 Å². The van der Waals surface area contributed by atoms with Crippen LogP contribution in [0, 0.1) is 6.92 Å². The fourth-order valence-electron chi connectivity index (χ4n) is 2.95. The van der Waals surface area contributed by atoms with E-state index in [0.29, 0.717) is 17.0 Å². The maximum absolute atomic E-state index is 12.5. The maximum Gasteiger partial charge on any atom is 0.341 e. The van der Waals surface area contributed by atoms with Crippen LogP contribution in [0.25, 0.3) is 21.9 Å². The van der Waals surface area contributed by atoms with Gasteiger partial charge in [0.25, 0.3) is 0 Å². The number of fused-ring (bicyclic) bond motifs is 1. The Morgan fingerprint density at radius 1 is 1.19 bits per heavy atom. The summed E-state index contributed by atoms with van der Waals surface area (Å²) in [7, 11) is 1.64. The zero-order valence-electron chi connectivity index (χ0n) is 14.8. The first-order valence-corrected chi connectivity index (χ1v) is 8.99. The van der Waals surface area contributed by atoms with Crippen LogP contribution in [0.4, 0.5) is 5.00 Å². The molecule has 0 aliphatic carbocycles. The zero-order valence-corrected chi connectivity index (χ0v) is 15.6. The molecule has 2 aromatic carbocycles. The minimum absolute atomic E-state index is 0.269. The molecule has 6 heteroatoms. The lowest BCUT2D eigenvalue weighted by Gasteiger charge is -2.09. The van der Waals surface area contributed by atoms with Crippen molar-refractivity contribution in [3.63, 3.8) is 0 Å². The summed E-state index contributed by atoms with van der Waals surface area (Å²) in [5.74, 6) is 0.354. The monoisotopic (exact) mass is 369 g/mol. The van der Waals surface area contributed by atoms with Crippen LogP contribution in [0.1, 0.15) is 22.2 Å². The number of rotatable bonds is 6. The van der Waals surface area contributed by atoms with Gasteiger partial charge < -0.3 is 14.8 Å². The van der Waals surface area contributed by atoms with E-state index < -0.39 is 5.97 Å². The molecule has 134 valence electrons. The highest BCUT2D eigenvalue weighted by molar-refractivity contribution is 7.17. The summed E-state index contributed by atoms with van der Waals surface area (Å²) in [6, 6.07) is 11.8. The molecule has 1 N–H and O–H groups in total. The van der Waals surface area contributed by atoms with E-state index in [4.69, 9.17) is 9.47 Å². The molecule has 1 amide bonds. The fraction of sp³-hybridized carbons (Fsp3) is 0.200. The van der Waals surface area contributed by atoms with Crippen LogP contribution in [0.2, 0.25) is 0 Å². The number of carbonyl (C=O) groups excluding carboxylic acids is 2. The number of nitrogens with one attached hydrogen (secondary N) is 1. The Balaban J connectivity index is 2.17. The predicted molar refractivity (Wildman–Crippen MR) is 104 cm³/mol. The molecule has 1 aromatic heterocycles. The summed E-state index contributed by atoms with van der Waals surface area (Å²) >= 11 is 1.36. The number of anilines is 1. The summed E-state index contributed by atoms with van der Waals surface area (Å²) in [4.78, 5) is 24.4. The van der Waals surface area contributed by atoms with E-state index in [0.717, 1.165) is 32.5 Å². The SMILES string of the molecule is CCOC(=O)c1c(NC=O)sc(C)c1-c1ccc2cc(OC)ccc2c1. The lowest BCUT2D eigenvalue weighted by molar-refractivity contribution is -0.105. The average Bonchev–Trinajstić information content (AvgIpc) is 2.97. The van der Waals surface area contributed by atoms with Crippen molar-refractivity contribution < 1.29 is 19.1 Å². The van der Waals surface area contributed by atoms with E-state index >= 15 is 0 Å². The Bertz CT molecular complexity index is 977. The number of hydrogen-bond acceptors (Lipinski definition) is 5. The normalized spacial score (nSPS) is 10.6. The summed E-state index contributed by atoms with van der Waals surface area (Å²) in [6.07, 6.45) is 0.574. The second-order valence-electron chi connectivity index (χ2n) is 5.65. The molecule has 5 nitrogen and oxygen atoms in total. The lowest BCUT2D eigenvalue weighted by atomic mass is 9.98. The topological polar surface area (TPSA) is 64.6 Å². The van der Waals surface area contributed by atoms with E-state index in [-0.39, 0.29) is 6.61 Å². The molecule has 3 rings (SSSR count). The highest BCUT2D eigenvalue weighted by Gasteiger charge is 2.24. The smallest absolute Gasteiger partial charge is 0.341 e. The Morgan fingerprint density at radius 2 is 1.92 bits per heavy atom. The first-order chi connectivity index (χ1) is 12.6. The third-order valence-corrected chi connectivity index (χ3v) is 5.13. The lowest BCUT2D eigenvalue weighted by Crippen LogP contribution is -2.08.